The normalized spacial score (nSPS) is 11.5. The molecule has 0 aliphatic heterocycles. The molecule has 25 heavy (non-hydrogen) atoms. The molecule has 1 amide bonds. The highest BCUT2D eigenvalue weighted by Crippen LogP contribution is 2.19. The minimum Gasteiger partial charge on any atom is -0.444 e. The Labute approximate surface area is 149 Å². The van der Waals surface area contributed by atoms with Crippen molar-refractivity contribution in [2.75, 3.05) is 13.1 Å². The van der Waals surface area contributed by atoms with E-state index in [0.29, 0.717) is 25.2 Å². The zero-order chi connectivity index (χ0) is 19.2. The lowest BCUT2D eigenvalue weighted by molar-refractivity contribution is -0.385. The van der Waals surface area contributed by atoms with E-state index in [1.54, 1.807) is 24.0 Å². The van der Waals surface area contributed by atoms with Crippen LogP contribution in [0.4, 0.5) is 10.5 Å². The molecule has 1 rings (SSSR count). The summed E-state index contributed by atoms with van der Waals surface area (Å²) in [5, 5.41) is 14.2. The van der Waals surface area contributed by atoms with Gasteiger partial charge < -0.3 is 15.0 Å². The van der Waals surface area contributed by atoms with Gasteiger partial charge in [0.1, 0.15) is 5.60 Å². The summed E-state index contributed by atoms with van der Waals surface area (Å²) in [7, 11) is 0. The lowest BCUT2D eigenvalue weighted by Crippen LogP contribution is -2.44. The number of ether oxygens (including phenoxy) is 1. The molecule has 0 radical (unpaired) electrons. The second-order valence-electron chi connectivity index (χ2n) is 7.32. The van der Waals surface area contributed by atoms with Crippen LogP contribution in [-0.2, 0) is 11.3 Å². The Hall–Kier alpha value is -2.15. The van der Waals surface area contributed by atoms with Crippen LogP contribution >= 0.6 is 0 Å². The summed E-state index contributed by atoms with van der Waals surface area (Å²) in [5.41, 5.74) is 1.07. The fourth-order valence-corrected chi connectivity index (χ4v) is 2.27. The standard InChI is InChI=1S/C18H29N3O4/c1-13(2)20(17(22)25-18(4,5)6)10-9-19-12-15-8-7-14(3)16(11-15)21(23)24/h7-8,11,13,19H,9-10,12H2,1-6H3. The monoisotopic (exact) mass is 351 g/mol. The quantitative estimate of drug-likeness (QED) is 0.460. The van der Waals surface area contributed by atoms with Crippen LogP contribution in [0.25, 0.3) is 0 Å². The van der Waals surface area contributed by atoms with Gasteiger partial charge in [-0.1, -0.05) is 12.1 Å². The molecule has 0 heterocycles. The van der Waals surface area contributed by atoms with Gasteiger partial charge in [-0.25, -0.2) is 4.79 Å². The van der Waals surface area contributed by atoms with Crippen molar-refractivity contribution in [1.29, 1.82) is 0 Å². The molecule has 1 aromatic carbocycles. The fraction of sp³-hybridized carbons (Fsp3) is 0.611. The average molecular weight is 351 g/mol. The van der Waals surface area contributed by atoms with E-state index >= 15 is 0 Å². The van der Waals surface area contributed by atoms with E-state index in [1.165, 1.54) is 0 Å². The zero-order valence-corrected chi connectivity index (χ0v) is 16.0. The smallest absolute Gasteiger partial charge is 0.410 e. The molecule has 0 spiro atoms. The molecule has 140 valence electrons. The number of nitro groups is 1. The molecule has 0 aliphatic rings. The maximum Gasteiger partial charge on any atom is 0.410 e. The number of amides is 1. The second kappa shape index (κ2) is 8.80. The highest BCUT2D eigenvalue weighted by Gasteiger charge is 2.23. The molecule has 0 atom stereocenters. The van der Waals surface area contributed by atoms with Gasteiger partial charge in [-0.2, -0.15) is 0 Å². The summed E-state index contributed by atoms with van der Waals surface area (Å²) >= 11 is 0. The van der Waals surface area contributed by atoms with E-state index in [9.17, 15) is 14.9 Å². The number of carbonyl (C=O) groups excluding carboxylic acids is 1. The first-order chi connectivity index (χ1) is 11.5. The molecule has 1 N–H and O–H groups in total. The summed E-state index contributed by atoms with van der Waals surface area (Å²) in [6.45, 7) is 12.7. The van der Waals surface area contributed by atoms with Crippen LogP contribution in [0.15, 0.2) is 18.2 Å². The number of hydrogen-bond acceptors (Lipinski definition) is 5. The molecule has 7 heteroatoms. The Kier molecular flexibility index (Phi) is 7.36. The van der Waals surface area contributed by atoms with Crippen molar-refractivity contribution in [2.24, 2.45) is 0 Å². The Balaban J connectivity index is 2.56. The Bertz CT molecular complexity index is 609. The maximum atomic E-state index is 12.2. The van der Waals surface area contributed by atoms with Crippen molar-refractivity contribution < 1.29 is 14.5 Å². The van der Waals surface area contributed by atoms with Crippen LogP contribution in [0.1, 0.15) is 45.7 Å². The first-order valence-corrected chi connectivity index (χ1v) is 8.45. The van der Waals surface area contributed by atoms with E-state index in [0.717, 1.165) is 5.56 Å². The largest absolute Gasteiger partial charge is 0.444 e. The predicted molar refractivity (Wildman–Crippen MR) is 97.6 cm³/mol. The fourth-order valence-electron chi connectivity index (χ4n) is 2.27. The number of nitrogens with zero attached hydrogens (tertiary/aromatic N) is 2. The first-order valence-electron chi connectivity index (χ1n) is 8.45. The lowest BCUT2D eigenvalue weighted by Gasteiger charge is -2.30. The Morgan fingerprint density at radius 3 is 2.52 bits per heavy atom. The molecule has 0 fully saturated rings. The van der Waals surface area contributed by atoms with Gasteiger partial charge in [-0.3, -0.25) is 10.1 Å². The van der Waals surface area contributed by atoms with Crippen LogP contribution in [0, 0.1) is 17.0 Å². The molecular weight excluding hydrogens is 322 g/mol. The summed E-state index contributed by atoms with van der Waals surface area (Å²) in [4.78, 5) is 24.5. The third kappa shape index (κ3) is 7.09. The highest BCUT2D eigenvalue weighted by molar-refractivity contribution is 5.68. The van der Waals surface area contributed by atoms with Crippen LogP contribution in [0.2, 0.25) is 0 Å². The van der Waals surface area contributed by atoms with Gasteiger partial charge in [0.2, 0.25) is 0 Å². The van der Waals surface area contributed by atoms with E-state index in [4.69, 9.17) is 4.74 Å². The average Bonchev–Trinajstić information content (AvgIpc) is 2.45. The topological polar surface area (TPSA) is 84.7 Å². The molecule has 7 nitrogen and oxygen atoms in total. The van der Waals surface area contributed by atoms with E-state index in [-0.39, 0.29) is 22.7 Å². The molecule has 0 bridgehead atoms. The number of nitro benzene ring substituents is 1. The Morgan fingerprint density at radius 1 is 1.36 bits per heavy atom. The highest BCUT2D eigenvalue weighted by atomic mass is 16.6. The van der Waals surface area contributed by atoms with Gasteiger partial charge >= 0.3 is 6.09 Å². The predicted octanol–water partition coefficient (Wildman–Crippen LogP) is 3.64. The third-order valence-corrected chi connectivity index (χ3v) is 3.58. The number of benzene rings is 1. The van der Waals surface area contributed by atoms with Crippen molar-refractivity contribution in [3.63, 3.8) is 0 Å². The van der Waals surface area contributed by atoms with Crippen molar-refractivity contribution in [1.82, 2.24) is 10.2 Å². The van der Waals surface area contributed by atoms with E-state index in [1.807, 2.05) is 40.7 Å². The minimum absolute atomic E-state index is 0.0251. The number of nitrogens with one attached hydrogen (secondary N) is 1. The van der Waals surface area contributed by atoms with Gasteiger partial charge in [-0.15, -0.1) is 0 Å². The number of hydrogen-bond donors (Lipinski definition) is 1. The molecule has 0 saturated carbocycles. The van der Waals surface area contributed by atoms with Gasteiger partial charge in [0, 0.05) is 37.3 Å². The van der Waals surface area contributed by atoms with Gasteiger partial charge in [-0.05, 0) is 47.1 Å². The summed E-state index contributed by atoms with van der Waals surface area (Å²) in [6.07, 6.45) is -0.338. The summed E-state index contributed by atoms with van der Waals surface area (Å²) in [5.74, 6) is 0. The van der Waals surface area contributed by atoms with Crippen LogP contribution in [0.5, 0.6) is 0 Å². The van der Waals surface area contributed by atoms with E-state index < -0.39 is 5.60 Å². The third-order valence-electron chi connectivity index (χ3n) is 3.58. The molecular formula is C18H29N3O4. The molecule has 1 aromatic rings. The van der Waals surface area contributed by atoms with Crippen LogP contribution < -0.4 is 5.32 Å². The molecule has 0 aliphatic carbocycles. The second-order valence-corrected chi connectivity index (χ2v) is 7.32. The molecule has 0 aromatic heterocycles. The van der Waals surface area contributed by atoms with Crippen LogP contribution in [0.3, 0.4) is 0 Å². The van der Waals surface area contributed by atoms with Crippen molar-refractivity contribution in [2.45, 2.75) is 59.7 Å². The van der Waals surface area contributed by atoms with E-state index in [2.05, 4.69) is 5.32 Å². The number of rotatable bonds is 7. The zero-order valence-electron chi connectivity index (χ0n) is 16.0. The SMILES string of the molecule is Cc1ccc(CNCCN(C(=O)OC(C)(C)C)C(C)C)cc1[N+](=O)[O-]. The maximum absolute atomic E-state index is 12.2. The van der Waals surface area contributed by atoms with Crippen molar-refractivity contribution in [3.8, 4) is 0 Å². The van der Waals surface area contributed by atoms with Crippen molar-refractivity contribution in [3.05, 3.63) is 39.4 Å². The molecule has 0 unspecified atom stereocenters. The summed E-state index contributed by atoms with van der Waals surface area (Å²) < 4.78 is 5.42. The van der Waals surface area contributed by atoms with Gasteiger partial charge in [0.05, 0.1) is 4.92 Å². The van der Waals surface area contributed by atoms with Crippen LogP contribution in [-0.4, -0.2) is 40.6 Å². The van der Waals surface area contributed by atoms with Gasteiger partial charge in [0.15, 0.2) is 0 Å². The summed E-state index contributed by atoms with van der Waals surface area (Å²) in [6, 6.07) is 5.22. The lowest BCUT2D eigenvalue weighted by atomic mass is 10.1. The first kappa shape index (κ1) is 20.9. The Morgan fingerprint density at radius 2 is 2.00 bits per heavy atom. The minimum atomic E-state index is -0.529. The number of carbonyl (C=O) groups is 1. The molecule has 0 saturated heterocycles. The van der Waals surface area contributed by atoms with Gasteiger partial charge in [0.25, 0.3) is 5.69 Å². The van der Waals surface area contributed by atoms with Crippen molar-refractivity contribution >= 4 is 11.8 Å². The number of aryl methyl sites for hydroxylation is 1.